The van der Waals surface area contributed by atoms with Gasteiger partial charge in [-0.05, 0) is 48.5 Å². The Balaban J connectivity index is 1.55. The number of pyridine rings is 2. The molecule has 3 heterocycles. The van der Waals surface area contributed by atoms with Crippen molar-refractivity contribution in [3.63, 3.8) is 0 Å². The molecule has 4 rings (SSSR count). The van der Waals surface area contributed by atoms with Gasteiger partial charge >= 0.3 is 0 Å². The molecular weight excluding hydrogens is 366 g/mol. The Morgan fingerprint density at radius 2 is 1.90 bits per heavy atom. The van der Waals surface area contributed by atoms with E-state index < -0.39 is 0 Å². The van der Waals surface area contributed by atoms with Crippen LogP contribution in [-0.4, -0.2) is 28.5 Å². The molecule has 0 saturated carbocycles. The van der Waals surface area contributed by atoms with Crippen molar-refractivity contribution in [2.75, 3.05) is 19.5 Å². The van der Waals surface area contributed by atoms with Gasteiger partial charge in [-0.3, -0.25) is 9.38 Å². The molecule has 0 fully saturated rings. The lowest BCUT2D eigenvalue weighted by Gasteiger charge is -2.08. The topological polar surface area (TPSA) is 84.5 Å². The van der Waals surface area contributed by atoms with E-state index in [4.69, 9.17) is 14.7 Å². The third kappa shape index (κ3) is 3.69. The average molecular weight is 385 g/mol. The van der Waals surface area contributed by atoms with E-state index in [1.54, 1.807) is 25.4 Å². The summed E-state index contributed by atoms with van der Waals surface area (Å²) in [5, 5.41) is 12.3. The van der Waals surface area contributed by atoms with E-state index in [1.807, 2.05) is 54.0 Å². The molecular formula is C22H19N5O2. The SMILES string of the molecule is CNc1c(-c2ccc(OCc3ccc(OC)cn3)cc2)nc2cc(C#N)ccn12. The average Bonchev–Trinajstić information content (AvgIpc) is 3.16. The Morgan fingerprint density at radius 3 is 2.55 bits per heavy atom. The highest BCUT2D eigenvalue weighted by molar-refractivity contribution is 5.77. The molecule has 7 nitrogen and oxygen atoms in total. The molecule has 29 heavy (non-hydrogen) atoms. The highest BCUT2D eigenvalue weighted by atomic mass is 16.5. The van der Waals surface area contributed by atoms with E-state index in [1.165, 1.54) is 0 Å². The number of hydrogen-bond donors (Lipinski definition) is 1. The maximum Gasteiger partial charge on any atom is 0.140 e. The van der Waals surface area contributed by atoms with Crippen molar-refractivity contribution in [1.29, 1.82) is 5.26 Å². The molecule has 4 aromatic rings. The van der Waals surface area contributed by atoms with Crippen molar-refractivity contribution >= 4 is 11.5 Å². The lowest BCUT2D eigenvalue weighted by molar-refractivity contribution is 0.301. The number of nitrogens with one attached hydrogen (secondary N) is 1. The summed E-state index contributed by atoms with van der Waals surface area (Å²) in [6, 6.07) is 17.1. The van der Waals surface area contributed by atoms with Crippen LogP contribution in [0.15, 0.2) is 60.9 Å². The minimum atomic E-state index is 0.371. The van der Waals surface area contributed by atoms with Crippen LogP contribution in [0.25, 0.3) is 16.9 Å². The summed E-state index contributed by atoms with van der Waals surface area (Å²) in [5.74, 6) is 2.32. The Kier molecular flexibility index (Phi) is 4.99. The summed E-state index contributed by atoms with van der Waals surface area (Å²) in [7, 11) is 3.46. The molecule has 0 spiro atoms. The second-order valence-electron chi connectivity index (χ2n) is 6.32. The van der Waals surface area contributed by atoms with Crippen molar-refractivity contribution in [3.8, 4) is 28.8 Å². The maximum atomic E-state index is 9.11. The van der Waals surface area contributed by atoms with Gasteiger partial charge in [-0.2, -0.15) is 5.26 Å². The monoisotopic (exact) mass is 385 g/mol. The van der Waals surface area contributed by atoms with E-state index in [0.29, 0.717) is 23.6 Å². The van der Waals surface area contributed by atoms with Crippen LogP contribution in [0.3, 0.4) is 0 Å². The largest absolute Gasteiger partial charge is 0.495 e. The lowest BCUT2D eigenvalue weighted by atomic mass is 10.1. The van der Waals surface area contributed by atoms with Gasteiger partial charge in [-0.15, -0.1) is 0 Å². The fraction of sp³-hybridized carbons (Fsp3) is 0.136. The number of fused-ring (bicyclic) bond motifs is 1. The first kappa shape index (κ1) is 18.3. The first-order valence-electron chi connectivity index (χ1n) is 9.04. The van der Waals surface area contributed by atoms with Crippen LogP contribution in [0, 0.1) is 11.3 Å². The molecule has 1 N–H and O–H groups in total. The first-order valence-corrected chi connectivity index (χ1v) is 9.04. The molecule has 0 amide bonds. The molecule has 144 valence electrons. The third-order valence-corrected chi connectivity index (χ3v) is 4.54. The molecule has 0 saturated heterocycles. The van der Waals surface area contributed by atoms with Crippen LogP contribution in [0.1, 0.15) is 11.3 Å². The van der Waals surface area contributed by atoms with Gasteiger partial charge < -0.3 is 14.8 Å². The Morgan fingerprint density at radius 1 is 1.10 bits per heavy atom. The Bertz CT molecular complexity index is 1180. The van der Waals surface area contributed by atoms with Crippen molar-refractivity contribution in [2.24, 2.45) is 0 Å². The van der Waals surface area contributed by atoms with Crippen molar-refractivity contribution in [1.82, 2.24) is 14.4 Å². The molecule has 0 radical (unpaired) electrons. The lowest BCUT2D eigenvalue weighted by Crippen LogP contribution is -1.98. The quantitative estimate of drug-likeness (QED) is 0.542. The number of ether oxygens (including phenoxy) is 2. The zero-order valence-electron chi connectivity index (χ0n) is 16.1. The predicted octanol–water partition coefficient (Wildman–Crippen LogP) is 3.90. The number of nitrogens with zero attached hydrogens (tertiary/aromatic N) is 4. The molecule has 0 atom stereocenters. The number of methoxy groups -OCH3 is 1. The molecule has 7 heteroatoms. The van der Waals surface area contributed by atoms with Crippen LogP contribution < -0.4 is 14.8 Å². The van der Waals surface area contributed by atoms with Crippen LogP contribution in [0.4, 0.5) is 5.82 Å². The molecule has 1 aromatic carbocycles. The summed E-state index contributed by atoms with van der Waals surface area (Å²) < 4.78 is 12.9. The van der Waals surface area contributed by atoms with Gasteiger partial charge in [-0.25, -0.2) is 4.98 Å². The highest BCUT2D eigenvalue weighted by Gasteiger charge is 2.13. The Labute approximate surface area is 168 Å². The van der Waals surface area contributed by atoms with Gasteiger partial charge in [0.15, 0.2) is 0 Å². The highest BCUT2D eigenvalue weighted by Crippen LogP contribution is 2.30. The second-order valence-corrected chi connectivity index (χ2v) is 6.32. The van der Waals surface area contributed by atoms with Crippen LogP contribution in [-0.2, 0) is 6.61 Å². The van der Waals surface area contributed by atoms with Crippen LogP contribution in [0.2, 0.25) is 0 Å². The van der Waals surface area contributed by atoms with Gasteiger partial charge in [0.2, 0.25) is 0 Å². The number of hydrogen-bond acceptors (Lipinski definition) is 6. The molecule has 0 unspecified atom stereocenters. The minimum Gasteiger partial charge on any atom is -0.495 e. The van der Waals surface area contributed by atoms with E-state index >= 15 is 0 Å². The van der Waals surface area contributed by atoms with Crippen molar-refractivity contribution in [3.05, 3.63) is 72.2 Å². The summed E-state index contributed by atoms with van der Waals surface area (Å²) in [6.07, 6.45) is 3.51. The first-order chi connectivity index (χ1) is 14.2. The summed E-state index contributed by atoms with van der Waals surface area (Å²) >= 11 is 0. The molecule has 3 aromatic heterocycles. The summed E-state index contributed by atoms with van der Waals surface area (Å²) in [5.41, 5.74) is 3.88. The Hall–Kier alpha value is -4.05. The number of aromatic nitrogens is 3. The number of benzene rings is 1. The zero-order chi connectivity index (χ0) is 20.2. The maximum absolute atomic E-state index is 9.11. The van der Waals surface area contributed by atoms with E-state index in [0.717, 1.165) is 28.5 Å². The second kappa shape index (κ2) is 7.90. The minimum absolute atomic E-state index is 0.371. The molecule has 0 aliphatic heterocycles. The zero-order valence-corrected chi connectivity index (χ0v) is 16.1. The number of imidazole rings is 1. The predicted molar refractivity (Wildman–Crippen MR) is 110 cm³/mol. The standard InChI is InChI=1S/C22H19N5O2/c1-24-22-21(26-20-11-15(12-23)9-10-27(20)22)16-3-6-18(7-4-16)29-14-17-5-8-19(28-2)13-25-17/h3-11,13,24H,14H2,1-2H3. The smallest absolute Gasteiger partial charge is 0.140 e. The molecule has 0 aliphatic rings. The summed E-state index contributed by atoms with van der Waals surface area (Å²) in [4.78, 5) is 8.99. The summed E-state index contributed by atoms with van der Waals surface area (Å²) in [6.45, 7) is 0.371. The van der Waals surface area contributed by atoms with E-state index in [9.17, 15) is 0 Å². The van der Waals surface area contributed by atoms with Crippen molar-refractivity contribution < 1.29 is 9.47 Å². The van der Waals surface area contributed by atoms with Gasteiger partial charge in [0, 0.05) is 18.8 Å². The van der Waals surface area contributed by atoms with Gasteiger partial charge in [0.1, 0.15) is 35.3 Å². The van der Waals surface area contributed by atoms with Gasteiger partial charge in [0.05, 0.1) is 30.6 Å². The number of rotatable bonds is 6. The normalized spacial score (nSPS) is 10.5. The van der Waals surface area contributed by atoms with Gasteiger partial charge in [0.25, 0.3) is 0 Å². The number of nitriles is 1. The fourth-order valence-electron chi connectivity index (χ4n) is 3.04. The van der Waals surface area contributed by atoms with Gasteiger partial charge in [-0.1, -0.05) is 0 Å². The van der Waals surface area contributed by atoms with E-state index in [2.05, 4.69) is 21.4 Å². The molecule has 0 aliphatic carbocycles. The van der Waals surface area contributed by atoms with Crippen LogP contribution in [0.5, 0.6) is 11.5 Å². The van der Waals surface area contributed by atoms with E-state index in [-0.39, 0.29) is 0 Å². The number of anilines is 1. The third-order valence-electron chi connectivity index (χ3n) is 4.54. The van der Waals surface area contributed by atoms with Crippen molar-refractivity contribution in [2.45, 2.75) is 6.61 Å². The van der Waals surface area contributed by atoms with Crippen LogP contribution >= 0.6 is 0 Å². The fourth-order valence-corrected chi connectivity index (χ4v) is 3.04. The molecule has 0 bridgehead atoms.